The number of nitrogens with zero attached hydrogens (tertiary/aromatic N) is 3. The van der Waals surface area contributed by atoms with Crippen molar-refractivity contribution in [2.24, 2.45) is 0 Å². The van der Waals surface area contributed by atoms with Crippen LogP contribution >= 0.6 is 0 Å². The molecule has 1 aromatic heterocycles. The van der Waals surface area contributed by atoms with Gasteiger partial charge in [-0.3, -0.25) is 4.90 Å². The van der Waals surface area contributed by atoms with Gasteiger partial charge in [0.15, 0.2) is 0 Å². The van der Waals surface area contributed by atoms with Crippen LogP contribution in [0.4, 0.5) is 0 Å². The average Bonchev–Trinajstić information content (AvgIpc) is 3.29. The Labute approximate surface area is 148 Å². The molecule has 1 N–H and O–H groups in total. The Kier molecular flexibility index (Phi) is 6.01. The molecule has 1 aliphatic rings. The molecule has 136 valence electrons. The van der Waals surface area contributed by atoms with Crippen LogP contribution in [0.1, 0.15) is 29.7 Å². The molecule has 7 heteroatoms. The van der Waals surface area contributed by atoms with Gasteiger partial charge in [-0.1, -0.05) is 6.07 Å². The number of nitrogens with one attached hydrogen (secondary N) is 1. The first kappa shape index (κ1) is 17.8. The standard InChI is InChI=1S/C18H26N4O3/c1-4-25-12-14-7-13(5-6-17(14)23-2)9-22-10-15(18(11-22)24-3)16-8-19-21-20-16/h5-8,15,18H,4,9-12H2,1-3H3,(H,19,20,21)/t15-,18+/m0/s1. The van der Waals surface area contributed by atoms with E-state index in [1.165, 1.54) is 5.56 Å². The Balaban J connectivity index is 1.70. The molecule has 1 fully saturated rings. The molecule has 3 rings (SSSR count). The maximum absolute atomic E-state index is 5.67. The number of hydrogen-bond donors (Lipinski definition) is 1. The van der Waals surface area contributed by atoms with Gasteiger partial charge in [0.05, 0.1) is 31.7 Å². The first-order valence-electron chi connectivity index (χ1n) is 8.59. The molecule has 1 aliphatic heterocycles. The van der Waals surface area contributed by atoms with Gasteiger partial charge in [0.2, 0.25) is 0 Å². The van der Waals surface area contributed by atoms with E-state index in [1.807, 2.05) is 13.0 Å². The number of benzene rings is 1. The highest BCUT2D eigenvalue weighted by Gasteiger charge is 2.35. The predicted molar refractivity (Wildman–Crippen MR) is 93.5 cm³/mol. The molecule has 2 heterocycles. The quantitative estimate of drug-likeness (QED) is 0.788. The summed E-state index contributed by atoms with van der Waals surface area (Å²) in [5.74, 6) is 1.11. The maximum atomic E-state index is 5.67. The van der Waals surface area contributed by atoms with Crippen LogP contribution in [0.25, 0.3) is 0 Å². The Morgan fingerprint density at radius 3 is 2.84 bits per heavy atom. The summed E-state index contributed by atoms with van der Waals surface area (Å²) < 4.78 is 16.7. The van der Waals surface area contributed by atoms with Gasteiger partial charge >= 0.3 is 0 Å². The molecule has 0 amide bonds. The molecule has 25 heavy (non-hydrogen) atoms. The van der Waals surface area contributed by atoms with Crippen molar-refractivity contribution in [3.8, 4) is 5.75 Å². The molecule has 0 aliphatic carbocycles. The third-order valence-electron chi connectivity index (χ3n) is 4.67. The SMILES string of the molecule is CCOCc1cc(CN2C[C@@H](OC)[C@H](c3cn[nH]n3)C2)ccc1OC. The van der Waals surface area contributed by atoms with Gasteiger partial charge in [-0.05, 0) is 24.6 Å². The van der Waals surface area contributed by atoms with Crippen molar-refractivity contribution in [1.29, 1.82) is 0 Å². The van der Waals surface area contributed by atoms with E-state index in [1.54, 1.807) is 20.4 Å². The summed E-state index contributed by atoms with van der Waals surface area (Å²) in [5, 5.41) is 10.9. The van der Waals surface area contributed by atoms with Crippen molar-refractivity contribution in [2.75, 3.05) is 33.9 Å². The van der Waals surface area contributed by atoms with Crippen LogP contribution in [0.3, 0.4) is 0 Å². The Morgan fingerprint density at radius 1 is 1.28 bits per heavy atom. The lowest BCUT2D eigenvalue weighted by Crippen LogP contribution is -2.22. The van der Waals surface area contributed by atoms with Crippen molar-refractivity contribution in [1.82, 2.24) is 20.3 Å². The second kappa shape index (κ2) is 8.42. The predicted octanol–water partition coefficient (Wildman–Crippen LogP) is 1.96. The molecule has 2 atom stereocenters. The molecule has 0 saturated carbocycles. The van der Waals surface area contributed by atoms with Crippen molar-refractivity contribution in [3.05, 3.63) is 41.2 Å². The molecular weight excluding hydrogens is 320 g/mol. The van der Waals surface area contributed by atoms with Crippen LogP contribution in [0, 0.1) is 0 Å². The number of H-pyrrole nitrogens is 1. The molecule has 1 saturated heterocycles. The van der Waals surface area contributed by atoms with Crippen LogP contribution in [0.15, 0.2) is 24.4 Å². The molecular formula is C18H26N4O3. The third-order valence-corrected chi connectivity index (χ3v) is 4.67. The Bertz CT molecular complexity index is 662. The number of ether oxygens (including phenoxy) is 3. The number of hydrogen-bond acceptors (Lipinski definition) is 6. The number of methoxy groups -OCH3 is 2. The van der Waals surface area contributed by atoms with E-state index in [9.17, 15) is 0 Å². The lowest BCUT2D eigenvalue weighted by Gasteiger charge is -2.17. The van der Waals surface area contributed by atoms with E-state index in [0.717, 1.165) is 36.6 Å². The van der Waals surface area contributed by atoms with Crippen LogP contribution in [0.5, 0.6) is 5.75 Å². The molecule has 1 aromatic carbocycles. The van der Waals surface area contributed by atoms with E-state index >= 15 is 0 Å². The third kappa shape index (κ3) is 4.18. The summed E-state index contributed by atoms with van der Waals surface area (Å²) in [4.78, 5) is 2.39. The van der Waals surface area contributed by atoms with Crippen LogP contribution in [-0.4, -0.2) is 60.3 Å². The van der Waals surface area contributed by atoms with Gasteiger partial charge < -0.3 is 14.2 Å². The van der Waals surface area contributed by atoms with E-state index < -0.39 is 0 Å². The van der Waals surface area contributed by atoms with Crippen LogP contribution in [0.2, 0.25) is 0 Å². The van der Waals surface area contributed by atoms with Gasteiger partial charge in [-0.25, -0.2) is 0 Å². The number of likely N-dealkylation sites (tertiary alicyclic amines) is 1. The monoisotopic (exact) mass is 346 g/mol. The maximum Gasteiger partial charge on any atom is 0.124 e. The second-order valence-corrected chi connectivity index (χ2v) is 6.25. The number of rotatable bonds is 8. The number of aromatic amines is 1. The first-order valence-corrected chi connectivity index (χ1v) is 8.59. The van der Waals surface area contributed by atoms with Crippen molar-refractivity contribution >= 4 is 0 Å². The lowest BCUT2D eigenvalue weighted by molar-refractivity contribution is 0.0957. The smallest absolute Gasteiger partial charge is 0.124 e. The molecule has 0 unspecified atom stereocenters. The average molecular weight is 346 g/mol. The van der Waals surface area contributed by atoms with Crippen molar-refractivity contribution in [3.63, 3.8) is 0 Å². The number of aromatic nitrogens is 3. The summed E-state index contributed by atoms with van der Waals surface area (Å²) in [6, 6.07) is 6.29. The highest BCUT2D eigenvalue weighted by Crippen LogP contribution is 2.29. The van der Waals surface area contributed by atoms with E-state index in [4.69, 9.17) is 14.2 Å². The molecule has 0 bridgehead atoms. The van der Waals surface area contributed by atoms with Crippen molar-refractivity contribution < 1.29 is 14.2 Å². The summed E-state index contributed by atoms with van der Waals surface area (Å²) in [5.41, 5.74) is 3.28. The first-order chi connectivity index (χ1) is 12.2. The summed E-state index contributed by atoms with van der Waals surface area (Å²) in [6.07, 6.45) is 1.92. The van der Waals surface area contributed by atoms with Gasteiger partial charge in [0.1, 0.15) is 5.75 Å². The highest BCUT2D eigenvalue weighted by molar-refractivity contribution is 5.37. The molecule has 7 nitrogen and oxygen atoms in total. The molecule has 0 radical (unpaired) electrons. The van der Waals surface area contributed by atoms with E-state index in [0.29, 0.717) is 13.2 Å². The Hall–Kier alpha value is -1.96. The summed E-state index contributed by atoms with van der Waals surface area (Å²) in [7, 11) is 3.45. The fraction of sp³-hybridized carbons (Fsp3) is 0.556. The van der Waals surface area contributed by atoms with Gasteiger partial charge in [0.25, 0.3) is 0 Å². The zero-order valence-corrected chi connectivity index (χ0v) is 15.1. The van der Waals surface area contributed by atoms with Gasteiger partial charge in [0, 0.05) is 44.8 Å². The van der Waals surface area contributed by atoms with Crippen LogP contribution < -0.4 is 4.74 Å². The van der Waals surface area contributed by atoms with Gasteiger partial charge in [-0.15, -0.1) is 0 Å². The Morgan fingerprint density at radius 2 is 2.16 bits per heavy atom. The minimum Gasteiger partial charge on any atom is -0.496 e. The molecule has 2 aromatic rings. The van der Waals surface area contributed by atoms with E-state index in [2.05, 4.69) is 32.4 Å². The zero-order chi connectivity index (χ0) is 17.6. The highest BCUT2D eigenvalue weighted by atomic mass is 16.5. The zero-order valence-electron chi connectivity index (χ0n) is 15.1. The topological polar surface area (TPSA) is 72.5 Å². The lowest BCUT2D eigenvalue weighted by atomic mass is 10.0. The fourth-order valence-corrected chi connectivity index (χ4v) is 3.41. The minimum absolute atomic E-state index is 0.131. The largest absolute Gasteiger partial charge is 0.496 e. The summed E-state index contributed by atoms with van der Waals surface area (Å²) >= 11 is 0. The summed E-state index contributed by atoms with van der Waals surface area (Å²) in [6.45, 7) is 5.88. The van der Waals surface area contributed by atoms with Gasteiger partial charge in [-0.2, -0.15) is 15.4 Å². The van der Waals surface area contributed by atoms with Crippen molar-refractivity contribution in [2.45, 2.75) is 32.1 Å². The second-order valence-electron chi connectivity index (χ2n) is 6.25. The minimum atomic E-state index is 0.131. The fourth-order valence-electron chi connectivity index (χ4n) is 3.41. The van der Waals surface area contributed by atoms with E-state index in [-0.39, 0.29) is 12.0 Å². The molecule has 0 spiro atoms. The normalized spacial score (nSPS) is 20.9. The van der Waals surface area contributed by atoms with Crippen LogP contribution in [-0.2, 0) is 22.6 Å².